The number of Topliss-reactive ketones (excluding diaryl/α,β-unsaturated/α-hetero) is 1. The number of halogens is 1. The van der Waals surface area contributed by atoms with E-state index < -0.39 is 0 Å². The summed E-state index contributed by atoms with van der Waals surface area (Å²) in [6.45, 7) is 6.62. The number of anilines is 1. The zero-order valence-electron chi connectivity index (χ0n) is 11.1. The van der Waals surface area contributed by atoms with E-state index in [2.05, 4.69) is 18.7 Å². The molecule has 0 unspecified atom stereocenters. The number of carbonyl (C=O) groups is 1. The molecule has 0 radical (unpaired) electrons. The molecule has 0 saturated heterocycles. The first-order valence-corrected chi connectivity index (χ1v) is 6.53. The minimum atomic E-state index is -0.0296. The molecule has 0 amide bonds. The molecule has 1 aromatic carbocycles. The van der Waals surface area contributed by atoms with E-state index in [1.807, 2.05) is 12.1 Å². The Morgan fingerprint density at radius 3 is 2.56 bits per heavy atom. The maximum absolute atomic E-state index is 11.3. The van der Waals surface area contributed by atoms with Gasteiger partial charge in [-0.15, -0.1) is 0 Å². The summed E-state index contributed by atoms with van der Waals surface area (Å²) in [5.74, 6) is -0.0296. The van der Waals surface area contributed by atoms with Crippen LogP contribution in [0.4, 0.5) is 5.69 Å². The van der Waals surface area contributed by atoms with Crippen molar-refractivity contribution in [1.82, 2.24) is 0 Å². The van der Waals surface area contributed by atoms with Gasteiger partial charge < -0.3 is 10.0 Å². The Balaban J connectivity index is 2.99. The van der Waals surface area contributed by atoms with Crippen LogP contribution in [0.1, 0.15) is 37.6 Å². The van der Waals surface area contributed by atoms with Gasteiger partial charge in [-0.3, -0.25) is 4.79 Å². The standard InChI is InChI=1S/C14H20ClNO2/c1-10(2)16(7-4-8-17)12-5-6-13(11(3)18)14(15)9-12/h5-6,9-10,17H,4,7-8H2,1-3H3. The molecule has 0 aliphatic heterocycles. The molecule has 18 heavy (non-hydrogen) atoms. The molecule has 0 atom stereocenters. The third-order valence-corrected chi connectivity index (χ3v) is 3.16. The maximum atomic E-state index is 11.3. The van der Waals surface area contributed by atoms with Crippen LogP contribution in [-0.4, -0.2) is 30.1 Å². The Morgan fingerprint density at radius 1 is 1.44 bits per heavy atom. The van der Waals surface area contributed by atoms with E-state index in [1.54, 1.807) is 6.07 Å². The topological polar surface area (TPSA) is 40.5 Å². The highest BCUT2D eigenvalue weighted by atomic mass is 35.5. The molecule has 0 aromatic heterocycles. The van der Waals surface area contributed by atoms with Crippen LogP contribution in [0.5, 0.6) is 0 Å². The average molecular weight is 270 g/mol. The van der Waals surface area contributed by atoms with Crippen LogP contribution >= 0.6 is 11.6 Å². The van der Waals surface area contributed by atoms with Gasteiger partial charge in [0.15, 0.2) is 5.78 Å². The van der Waals surface area contributed by atoms with Crippen molar-refractivity contribution >= 4 is 23.1 Å². The van der Waals surface area contributed by atoms with Gasteiger partial charge in [-0.25, -0.2) is 0 Å². The van der Waals surface area contributed by atoms with E-state index in [0.29, 0.717) is 23.0 Å². The lowest BCUT2D eigenvalue weighted by molar-refractivity contribution is 0.101. The van der Waals surface area contributed by atoms with Crippen molar-refractivity contribution in [2.45, 2.75) is 33.2 Å². The predicted molar refractivity (Wildman–Crippen MR) is 75.6 cm³/mol. The summed E-state index contributed by atoms with van der Waals surface area (Å²) >= 11 is 6.11. The number of benzene rings is 1. The number of hydrogen-bond donors (Lipinski definition) is 1. The fourth-order valence-electron chi connectivity index (χ4n) is 1.89. The molecule has 1 aromatic rings. The maximum Gasteiger partial charge on any atom is 0.161 e. The Hall–Kier alpha value is -1.06. The molecule has 3 nitrogen and oxygen atoms in total. The second-order valence-corrected chi connectivity index (χ2v) is 4.99. The number of ketones is 1. The van der Waals surface area contributed by atoms with Gasteiger partial charge in [0.1, 0.15) is 0 Å². The zero-order valence-corrected chi connectivity index (χ0v) is 11.9. The van der Waals surface area contributed by atoms with E-state index in [9.17, 15) is 4.79 Å². The number of carbonyl (C=O) groups excluding carboxylic acids is 1. The third kappa shape index (κ3) is 3.72. The SMILES string of the molecule is CC(=O)c1ccc(N(CCCO)C(C)C)cc1Cl. The Labute approximate surface area is 113 Å². The van der Waals surface area contributed by atoms with Gasteiger partial charge >= 0.3 is 0 Å². The summed E-state index contributed by atoms with van der Waals surface area (Å²) in [5.41, 5.74) is 1.53. The highest BCUT2D eigenvalue weighted by molar-refractivity contribution is 6.34. The summed E-state index contributed by atoms with van der Waals surface area (Å²) in [5, 5.41) is 9.40. The van der Waals surface area contributed by atoms with Crippen molar-refractivity contribution in [3.63, 3.8) is 0 Å². The van der Waals surface area contributed by atoms with E-state index in [0.717, 1.165) is 12.2 Å². The zero-order chi connectivity index (χ0) is 13.7. The second kappa shape index (κ2) is 6.76. The van der Waals surface area contributed by atoms with Crippen LogP contribution < -0.4 is 4.90 Å². The molecular weight excluding hydrogens is 250 g/mol. The summed E-state index contributed by atoms with van der Waals surface area (Å²) in [6, 6.07) is 5.79. The van der Waals surface area contributed by atoms with Gasteiger partial charge in [-0.05, 0) is 45.4 Å². The van der Waals surface area contributed by atoms with Gasteiger partial charge in [0.2, 0.25) is 0 Å². The largest absolute Gasteiger partial charge is 0.396 e. The highest BCUT2D eigenvalue weighted by Crippen LogP contribution is 2.25. The van der Waals surface area contributed by atoms with Crippen LogP contribution in [0.2, 0.25) is 5.02 Å². The lowest BCUT2D eigenvalue weighted by Crippen LogP contribution is -2.32. The van der Waals surface area contributed by atoms with Gasteiger partial charge in [0, 0.05) is 30.4 Å². The van der Waals surface area contributed by atoms with Crippen LogP contribution in [0.25, 0.3) is 0 Å². The fraction of sp³-hybridized carbons (Fsp3) is 0.500. The molecule has 0 bridgehead atoms. The molecule has 0 heterocycles. The number of hydrogen-bond acceptors (Lipinski definition) is 3. The third-order valence-electron chi connectivity index (χ3n) is 2.84. The minimum absolute atomic E-state index is 0.0296. The monoisotopic (exact) mass is 269 g/mol. The number of aliphatic hydroxyl groups excluding tert-OH is 1. The van der Waals surface area contributed by atoms with Crippen molar-refractivity contribution in [3.8, 4) is 0 Å². The first-order valence-electron chi connectivity index (χ1n) is 6.15. The quantitative estimate of drug-likeness (QED) is 0.807. The number of nitrogens with zero attached hydrogens (tertiary/aromatic N) is 1. The van der Waals surface area contributed by atoms with Crippen molar-refractivity contribution in [3.05, 3.63) is 28.8 Å². The van der Waals surface area contributed by atoms with Gasteiger partial charge in [0.25, 0.3) is 0 Å². The molecule has 1 N–H and O–H groups in total. The highest BCUT2D eigenvalue weighted by Gasteiger charge is 2.13. The normalized spacial score (nSPS) is 10.8. The first kappa shape index (κ1) is 15.0. The Morgan fingerprint density at radius 2 is 2.11 bits per heavy atom. The first-order chi connectivity index (χ1) is 8.47. The average Bonchev–Trinajstić information content (AvgIpc) is 2.28. The summed E-state index contributed by atoms with van der Waals surface area (Å²) in [4.78, 5) is 13.5. The van der Waals surface area contributed by atoms with Crippen molar-refractivity contribution in [1.29, 1.82) is 0 Å². The molecular formula is C14H20ClNO2. The van der Waals surface area contributed by atoms with E-state index in [-0.39, 0.29) is 12.4 Å². The van der Waals surface area contributed by atoms with Gasteiger partial charge in [-0.1, -0.05) is 11.6 Å². The van der Waals surface area contributed by atoms with Crippen LogP contribution in [0.15, 0.2) is 18.2 Å². The lowest BCUT2D eigenvalue weighted by Gasteiger charge is -2.29. The van der Waals surface area contributed by atoms with E-state index >= 15 is 0 Å². The predicted octanol–water partition coefficient (Wildman–Crippen LogP) is 3.14. The molecule has 0 aliphatic carbocycles. The van der Waals surface area contributed by atoms with E-state index in [1.165, 1.54) is 6.92 Å². The van der Waals surface area contributed by atoms with E-state index in [4.69, 9.17) is 16.7 Å². The van der Waals surface area contributed by atoms with Crippen LogP contribution in [-0.2, 0) is 0 Å². The summed E-state index contributed by atoms with van der Waals surface area (Å²) < 4.78 is 0. The Bertz CT molecular complexity index is 418. The van der Waals surface area contributed by atoms with Gasteiger partial charge in [0.05, 0.1) is 5.02 Å². The number of rotatable bonds is 6. The Kier molecular flexibility index (Phi) is 5.63. The second-order valence-electron chi connectivity index (χ2n) is 4.58. The molecule has 0 saturated carbocycles. The van der Waals surface area contributed by atoms with Crippen molar-refractivity contribution in [2.24, 2.45) is 0 Å². The number of aliphatic hydroxyl groups is 1. The van der Waals surface area contributed by atoms with Crippen LogP contribution in [0, 0.1) is 0 Å². The fourth-order valence-corrected chi connectivity index (χ4v) is 2.20. The van der Waals surface area contributed by atoms with Crippen molar-refractivity contribution < 1.29 is 9.90 Å². The molecule has 1 rings (SSSR count). The lowest BCUT2D eigenvalue weighted by atomic mass is 10.1. The molecule has 100 valence electrons. The minimum Gasteiger partial charge on any atom is -0.396 e. The van der Waals surface area contributed by atoms with Crippen LogP contribution in [0.3, 0.4) is 0 Å². The molecule has 4 heteroatoms. The summed E-state index contributed by atoms with van der Waals surface area (Å²) in [7, 11) is 0. The van der Waals surface area contributed by atoms with Gasteiger partial charge in [-0.2, -0.15) is 0 Å². The molecule has 0 aliphatic rings. The molecule has 0 spiro atoms. The smallest absolute Gasteiger partial charge is 0.161 e. The summed E-state index contributed by atoms with van der Waals surface area (Å²) in [6.07, 6.45) is 0.713. The van der Waals surface area contributed by atoms with Crippen molar-refractivity contribution in [2.75, 3.05) is 18.1 Å². The molecule has 0 fully saturated rings.